The van der Waals surface area contributed by atoms with Crippen LogP contribution in [0.5, 0.6) is 5.75 Å². The van der Waals surface area contributed by atoms with E-state index in [2.05, 4.69) is 10.6 Å². The Balaban J connectivity index is 1.87. The van der Waals surface area contributed by atoms with Crippen molar-refractivity contribution in [3.8, 4) is 5.75 Å². The number of aryl methyl sites for hydroxylation is 2. The topological polar surface area (TPSA) is 67.4 Å². The number of hydrogen-bond acceptors (Lipinski definition) is 3. The number of hydrogen-bond donors (Lipinski definition) is 2. The Kier molecular flexibility index (Phi) is 5.95. The summed E-state index contributed by atoms with van der Waals surface area (Å²) in [7, 11) is 1.61. The van der Waals surface area contributed by atoms with Gasteiger partial charge in [-0.15, -0.1) is 0 Å². The molecule has 5 nitrogen and oxygen atoms in total. The van der Waals surface area contributed by atoms with Gasteiger partial charge in [-0.05, 0) is 49.1 Å². The van der Waals surface area contributed by atoms with E-state index >= 15 is 0 Å². The number of amides is 2. The number of benzene rings is 2. The Hall–Kier alpha value is -2.82. The van der Waals surface area contributed by atoms with Gasteiger partial charge in [-0.3, -0.25) is 9.59 Å². The predicted octanol–water partition coefficient (Wildman–Crippen LogP) is 2.61. The Morgan fingerprint density at radius 1 is 1.00 bits per heavy atom. The summed E-state index contributed by atoms with van der Waals surface area (Å²) in [5.41, 5.74) is 3.57. The number of carbonyl (C=O) groups is 2. The first-order chi connectivity index (χ1) is 11.5. The highest BCUT2D eigenvalue weighted by Gasteiger charge is 2.15. The third-order valence-corrected chi connectivity index (χ3v) is 3.76. The highest BCUT2D eigenvalue weighted by molar-refractivity contribution is 6.39. The molecule has 0 fully saturated rings. The lowest BCUT2D eigenvalue weighted by atomic mass is 10.1. The molecule has 2 aromatic rings. The minimum Gasteiger partial charge on any atom is -0.497 e. The van der Waals surface area contributed by atoms with Crippen LogP contribution in [-0.2, 0) is 16.0 Å². The fraction of sp³-hybridized carbons (Fsp3) is 0.263. The first kappa shape index (κ1) is 17.5. The van der Waals surface area contributed by atoms with Crippen molar-refractivity contribution >= 4 is 17.5 Å². The number of nitrogens with one attached hydrogen (secondary N) is 2. The van der Waals surface area contributed by atoms with E-state index in [9.17, 15) is 9.59 Å². The second kappa shape index (κ2) is 8.15. The molecule has 0 unspecified atom stereocenters. The van der Waals surface area contributed by atoms with E-state index in [1.54, 1.807) is 7.11 Å². The van der Waals surface area contributed by atoms with Crippen LogP contribution in [0.2, 0.25) is 0 Å². The Morgan fingerprint density at radius 2 is 1.67 bits per heavy atom. The van der Waals surface area contributed by atoms with E-state index in [1.165, 1.54) is 0 Å². The summed E-state index contributed by atoms with van der Waals surface area (Å²) >= 11 is 0. The predicted molar refractivity (Wildman–Crippen MR) is 94.3 cm³/mol. The van der Waals surface area contributed by atoms with Gasteiger partial charge in [0.15, 0.2) is 0 Å². The molecular formula is C19H22N2O3. The fourth-order valence-electron chi connectivity index (χ4n) is 2.41. The molecule has 0 bridgehead atoms. The van der Waals surface area contributed by atoms with Gasteiger partial charge in [0.05, 0.1) is 7.11 Å². The number of ether oxygens (including phenoxy) is 1. The van der Waals surface area contributed by atoms with Crippen LogP contribution >= 0.6 is 0 Å². The molecule has 0 radical (unpaired) electrons. The smallest absolute Gasteiger partial charge is 0.313 e. The number of para-hydroxylation sites is 1. The van der Waals surface area contributed by atoms with Gasteiger partial charge < -0.3 is 15.4 Å². The molecule has 0 atom stereocenters. The van der Waals surface area contributed by atoms with Crippen LogP contribution < -0.4 is 15.4 Å². The van der Waals surface area contributed by atoms with Crippen LogP contribution in [0.3, 0.4) is 0 Å². The fourth-order valence-corrected chi connectivity index (χ4v) is 2.41. The standard InChI is InChI=1S/C19H22N2O3/c1-13-6-4-7-14(2)17(13)21-19(23)18(22)20-11-10-15-8-5-9-16(12-15)24-3/h4-9,12H,10-11H2,1-3H3,(H,20,22)(H,21,23). The zero-order chi connectivity index (χ0) is 17.5. The maximum Gasteiger partial charge on any atom is 0.313 e. The molecule has 5 heteroatoms. The summed E-state index contributed by atoms with van der Waals surface area (Å²) in [4.78, 5) is 24.0. The van der Waals surface area contributed by atoms with Gasteiger partial charge in [0, 0.05) is 12.2 Å². The minimum absolute atomic E-state index is 0.381. The zero-order valence-corrected chi connectivity index (χ0v) is 14.2. The number of methoxy groups -OCH3 is 1. The van der Waals surface area contributed by atoms with Gasteiger partial charge in [-0.2, -0.15) is 0 Å². The van der Waals surface area contributed by atoms with Crippen molar-refractivity contribution < 1.29 is 14.3 Å². The van der Waals surface area contributed by atoms with Crippen molar-refractivity contribution in [1.29, 1.82) is 0 Å². The molecule has 0 aliphatic rings. The summed E-state index contributed by atoms with van der Waals surface area (Å²) in [5.74, 6) is -0.523. The highest BCUT2D eigenvalue weighted by atomic mass is 16.5. The zero-order valence-electron chi connectivity index (χ0n) is 14.2. The lowest BCUT2D eigenvalue weighted by Crippen LogP contribution is -2.36. The second-order valence-corrected chi connectivity index (χ2v) is 5.58. The highest BCUT2D eigenvalue weighted by Crippen LogP contribution is 2.19. The molecule has 2 N–H and O–H groups in total. The maximum atomic E-state index is 12.0. The van der Waals surface area contributed by atoms with E-state index in [0.717, 1.165) is 22.4 Å². The van der Waals surface area contributed by atoms with Gasteiger partial charge in [-0.1, -0.05) is 30.3 Å². The molecular weight excluding hydrogens is 304 g/mol. The van der Waals surface area contributed by atoms with Crippen molar-refractivity contribution in [3.63, 3.8) is 0 Å². The second-order valence-electron chi connectivity index (χ2n) is 5.58. The molecule has 0 aromatic heterocycles. The molecule has 0 saturated carbocycles. The van der Waals surface area contributed by atoms with E-state index < -0.39 is 11.8 Å². The summed E-state index contributed by atoms with van der Waals surface area (Å²) in [5, 5.41) is 5.31. The average molecular weight is 326 g/mol. The molecule has 2 rings (SSSR count). The van der Waals surface area contributed by atoms with Crippen LogP contribution in [0.4, 0.5) is 5.69 Å². The van der Waals surface area contributed by atoms with E-state index in [1.807, 2.05) is 56.3 Å². The van der Waals surface area contributed by atoms with Gasteiger partial charge >= 0.3 is 11.8 Å². The third-order valence-electron chi connectivity index (χ3n) is 3.76. The van der Waals surface area contributed by atoms with Crippen LogP contribution in [0, 0.1) is 13.8 Å². The summed E-state index contributed by atoms with van der Waals surface area (Å²) in [6, 6.07) is 13.3. The molecule has 0 aliphatic carbocycles. The Bertz CT molecular complexity index is 721. The van der Waals surface area contributed by atoms with E-state index in [4.69, 9.17) is 4.74 Å². The van der Waals surface area contributed by atoms with Crippen molar-refractivity contribution in [2.75, 3.05) is 19.0 Å². The molecule has 0 aliphatic heterocycles. The quantitative estimate of drug-likeness (QED) is 0.830. The van der Waals surface area contributed by atoms with E-state index in [0.29, 0.717) is 18.7 Å². The van der Waals surface area contributed by atoms with Crippen LogP contribution in [0.15, 0.2) is 42.5 Å². The summed E-state index contributed by atoms with van der Waals surface area (Å²) in [6.07, 6.45) is 0.625. The maximum absolute atomic E-state index is 12.0. The van der Waals surface area contributed by atoms with E-state index in [-0.39, 0.29) is 0 Å². The largest absolute Gasteiger partial charge is 0.497 e. The van der Waals surface area contributed by atoms with Gasteiger partial charge in [0.25, 0.3) is 0 Å². The molecule has 2 amide bonds. The molecule has 126 valence electrons. The lowest BCUT2D eigenvalue weighted by molar-refractivity contribution is -0.136. The van der Waals surface area contributed by atoms with Crippen molar-refractivity contribution in [2.45, 2.75) is 20.3 Å². The van der Waals surface area contributed by atoms with Crippen molar-refractivity contribution in [1.82, 2.24) is 5.32 Å². The normalized spacial score (nSPS) is 10.1. The van der Waals surface area contributed by atoms with Gasteiger partial charge in [0.2, 0.25) is 0 Å². The lowest BCUT2D eigenvalue weighted by Gasteiger charge is -2.11. The first-order valence-corrected chi connectivity index (χ1v) is 7.79. The molecule has 24 heavy (non-hydrogen) atoms. The third kappa shape index (κ3) is 4.59. The monoisotopic (exact) mass is 326 g/mol. The molecule has 0 spiro atoms. The average Bonchev–Trinajstić information content (AvgIpc) is 2.58. The number of carbonyl (C=O) groups excluding carboxylic acids is 2. The summed E-state index contributed by atoms with van der Waals surface area (Å²) in [6.45, 7) is 4.17. The van der Waals surface area contributed by atoms with Crippen LogP contribution in [0.25, 0.3) is 0 Å². The molecule has 0 heterocycles. The van der Waals surface area contributed by atoms with Crippen molar-refractivity contribution in [2.24, 2.45) is 0 Å². The minimum atomic E-state index is -0.655. The van der Waals surface area contributed by atoms with Gasteiger partial charge in [0.1, 0.15) is 5.75 Å². The SMILES string of the molecule is COc1cccc(CCNC(=O)C(=O)Nc2c(C)cccc2C)c1. The van der Waals surface area contributed by atoms with Crippen LogP contribution in [0.1, 0.15) is 16.7 Å². The molecule has 2 aromatic carbocycles. The number of rotatable bonds is 5. The molecule has 0 saturated heterocycles. The van der Waals surface area contributed by atoms with Crippen molar-refractivity contribution in [3.05, 3.63) is 59.2 Å². The number of anilines is 1. The first-order valence-electron chi connectivity index (χ1n) is 7.79. The van der Waals surface area contributed by atoms with Crippen LogP contribution in [-0.4, -0.2) is 25.5 Å². The van der Waals surface area contributed by atoms with Gasteiger partial charge in [-0.25, -0.2) is 0 Å². The summed E-state index contributed by atoms with van der Waals surface area (Å²) < 4.78 is 5.16. The Labute approximate surface area is 142 Å². The Morgan fingerprint density at radius 3 is 2.33 bits per heavy atom.